The number of rotatable bonds is 5. The van der Waals surface area contributed by atoms with Crippen LogP contribution in [-0.4, -0.2) is 17.8 Å². The van der Waals surface area contributed by atoms with E-state index in [1.807, 2.05) is 0 Å². The Morgan fingerprint density at radius 3 is 2.32 bits per heavy atom. The van der Waals surface area contributed by atoms with Crippen LogP contribution in [0.15, 0.2) is 48.5 Å². The second-order valence-corrected chi connectivity index (χ2v) is 5.69. The van der Waals surface area contributed by atoms with Gasteiger partial charge in [0, 0.05) is 12.1 Å². The van der Waals surface area contributed by atoms with Crippen molar-refractivity contribution in [2.75, 3.05) is 5.32 Å². The van der Waals surface area contributed by atoms with Crippen LogP contribution >= 0.6 is 0 Å². The van der Waals surface area contributed by atoms with Gasteiger partial charge in [0.2, 0.25) is 5.91 Å². The molecule has 1 atom stereocenters. The van der Waals surface area contributed by atoms with Crippen molar-refractivity contribution >= 4 is 23.5 Å². The summed E-state index contributed by atoms with van der Waals surface area (Å²) < 4.78 is 12.8. The number of carbonyl (C=O) groups is 3. The first-order valence-electron chi connectivity index (χ1n) is 7.77. The maximum absolute atomic E-state index is 12.8. The molecule has 1 heterocycles. The van der Waals surface area contributed by atoms with E-state index in [9.17, 15) is 18.8 Å². The second-order valence-electron chi connectivity index (χ2n) is 5.69. The maximum atomic E-state index is 12.8. The second kappa shape index (κ2) is 7.12. The quantitative estimate of drug-likeness (QED) is 0.729. The van der Waals surface area contributed by atoms with Gasteiger partial charge in [0.25, 0.3) is 5.91 Å². The first kappa shape index (κ1) is 16.6. The third kappa shape index (κ3) is 4.20. The van der Waals surface area contributed by atoms with Crippen LogP contribution in [0, 0.1) is 5.82 Å². The predicted molar refractivity (Wildman–Crippen MR) is 89.2 cm³/mol. The van der Waals surface area contributed by atoms with Crippen molar-refractivity contribution in [1.82, 2.24) is 10.6 Å². The molecule has 1 fully saturated rings. The topological polar surface area (TPSA) is 87.3 Å². The van der Waals surface area contributed by atoms with Gasteiger partial charge in [-0.15, -0.1) is 0 Å². The average molecular weight is 341 g/mol. The number of urea groups is 1. The van der Waals surface area contributed by atoms with Crippen molar-refractivity contribution in [3.8, 4) is 0 Å². The Balaban J connectivity index is 1.54. The molecule has 1 aliphatic heterocycles. The number of hydrogen-bond donors (Lipinski definition) is 3. The number of amides is 4. The summed E-state index contributed by atoms with van der Waals surface area (Å²) in [6.07, 6.45) is 0.785. The molecule has 3 N–H and O–H groups in total. The van der Waals surface area contributed by atoms with E-state index in [1.165, 1.54) is 12.1 Å². The fraction of sp³-hybridized carbons (Fsp3) is 0.167. The van der Waals surface area contributed by atoms with E-state index in [0.29, 0.717) is 17.7 Å². The van der Waals surface area contributed by atoms with Gasteiger partial charge in [0.15, 0.2) is 0 Å². The molecule has 0 bridgehead atoms. The number of benzene rings is 2. The zero-order valence-electron chi connectivity index (χ0n) is 13.2. The highest BCUT2D eigenvalue weighted by Crippen LogP contribution is 2.19. The van der Waals surface area contributed by atoms with Crippen LogP contribution in [0.3, 0.4) is 0 Å². The summed E-state index contributed by atoms with van der Waals surface area (Å²) in [5.41, 5.74) is 2.11. The van der Waals surface area contributed by atoms with Gasteiger partial charge in [-0.2, -0.15) is 0 Å². The maximum Gasteiger partial charge on any atom is 0.322 e. The van der Waals surface area contributed by atoms with Gasteiger partial charge in [-0.3, -0.25) is 14.9 Å². The first-order valence-corrected chi connectivity index (χ1v) is 7.77. The Kier molecular flexibility index (Phi) is 4.74. The molecule has 25 heavy (non-hydrogen) atoms. The van der Waals surface area contributed by atoms with Crippen molar-refractivity contribution in [1.29, 1.82) is 0 Å². The Labute approximate surface area is 143 Å². The molecule has 0 radical (unpaired) electrons. The Morgan fingerprint density at radius 2 is 1.72 bits per heavy atom. The van der Waals surface area contributed by atoms with Gasteiger partial charge in [0.05, 0.1) is 0 Å². The van der Waals surface area contributed by atoms with E-state index < -0.39 is 18.0 Å². The molecule has 1 unspecified atom stereocenters. The molecule has 4 amide bonds. The summed E-state index contributed by atoms with van der Waals surface area (Å²) in [6, 6.07) is 11.5. The lowest BCUT2D eigenvalue weighted by atomic mass is 10.1. The van der Waals surface area contributed by atoms with Crippen molar-refractivity contribution in [2.45, 2.75) is 18.9 Å². The number of aryl methyl sites for hydroxylation is 1. The van der Waals surface area contributed by atoms with Crippen LogP contribution in [0.2, 0.25) is 0 Å². The molecule has 2 aromatic carbocycles. The van der Waals surface area contributed by atoms with Gasteiger partial charge in [0.1, 0.15) is 11.9 Å². The largest absolute Gasteiger partial charge is 0.326 e. The summed E-state index contributed by atoms with van der Waals surface area (Å²) in [7, 11) is 0. The summed E-state index contributed by atoms with van der Waals surface area (Å²) in [4.78, 5) is 34.7. The van der Waals surface area contributed by atoms with Crippen molar-refractivity contribution in [2.24, 2.45) is 0 Å². The van der Waals surface area contributed by atoms with Gasteiger partial charge in [-0.1, -0.05) is 24.3 Å². The van der Waals surface area contributed by atoms with Gasteiger partial charge >= 0.3 is 6.03 Å². The highest BCUT2D eigenvalue weighted by atomic mass is 19.1. The highest BCUT2D eigenvalue weighted by molar-refractivity contribution is 6.04. The first-order chi connectivity index (χ1) is 12.0. The molecule has 0 saturated carbocycles. The molecule has 128 valence electrons. The third-order valence-electron chi connectivity index (χ3n) is 3.86. The fourth-order valence-electron chi connectivity index (χ4n) is 2.54. The van der Waals surface area contributed by atoms with Crippen molar-refractivity contribution in [3.05, 3.63) is 65.5 Å². The number of anilines is 1. The Bertz CT molecular complexity index is 803. The Hall–Kier alpha value is -3.22. The summed E-state index contributed by atoms with van der Waals surface area (Å²) in [5.74, 6) is -0.870. The van der Waals surface area contributed by atoms with Crippen LogP contribution in [-0.2, 0) is 16.0 Å². The summed E-state index contributed by atoms with van der Waals surface area (Å²) in [6.45, 7) is 0. The summed E-state index contributed by atoms with van der Waals surface area (Å²) in [5, 5.41) is 7.44. The van der Waals surface area contributed by atoms with Crippen molar-refractivity contribution in [3.63, 3.8) is 0 Å². The van der Waals surface area contributed by atoms with Crippen LogP contribution in [0.5, 0.6) is 0 Å². The normalized spacial score (nSPS) is 16.3. The minimum Gasteiger partial charge on any atom is -0.326 e. The molecular formula is C18H16FN3O3. The van der Waals surface area contributed by atoms with Crippen LogP contribution in [0.1, 0.15) is 23.6 Å². The smallest absolute Gasteiger partial charge is 0.322 e. The SMILES string of the molecule is O=C(CCc1ccc(F)cc1)Nc1ccc(C2NC(=O)NC2=O)cc1. The molecule has 1 saturated heterocycles. The molecule has 1 aliphatic rings. The van der Waals surface area contributed by atoms with Crippen molar-refractivity contribution < 1.29 is 18.8 Å². The highest BCUT2D eigenvalue weighted by Gasteiger charge is 2.30. The van der Waals surface area contributed by atoms with E-state index in [-0.39, 0.29) is 18.1 Å². The molecule has 0 aliphatic carbocycles. The molecule has 0 spiro atoms. The lowest BCUT2D eigenvalue weighted by molar-refractivity contribution is -0.120. The van der Waals surface area contributed by atoms with Crippen LogP contribution in [0.4, 0.5) is 14.9 Å². The minimum atomic E-state index is -0.712. The molecule has 6 nitrogen and oxygen atoms in total. The molecule has 3 rings (SSSR count). The van der Waals surface area contributed by atoms with Crippen LogP contribution < -0.4 is 16.0 Å². The lowest BCUT2D eigenvalue weighted by Gasteiger charge is -2.09. The van der Waals surface area contributed by atoms with E-state index in [2.05, 4.69) is 16.0 Å². The average Bonchev–Trinajstić information content (AvgIpc) is 2.93. The molecule has 0 aromatic heterocycles. The fourth-order valence-corrected chi connectivity index (χ4v) is 2.54. The minimum absolute atomic E-state index is 0.163. The molecule has 7 heteroatoms. The number of nitrogens with one attached hydrogen (secondary N) is 3. The molecular weight excluding hydrogens is 325 g/mol. The number of halogens is 1. The van der Waals surface area contributed by atoms with Crippen LogP contribution in [0.25, 0.3) is 0 Å². The number of hydrogen-bond acceptors (Lipinski definition) is 3. The predicted octanol–water partition coefficient (Wildman–Crippen LogP) is 2.28. The van der Waals surface area contributed by atoms with Gasteiger partial charge in [-0.25, -0.2) is 9.18 Å². The van der Waals surface area contributed by atoms with E-state index in [0.717, 1.165) is 5.56 Å². The number of imide groups is 1. The molecule has 2 aromatic rings. The monoisotopic (exact) mass is 341 g/mol. The van der Waals surface area contributed by atoms with E-state index in [1.54, 1.807) is 36.4 Å². The van der Waals surface area contributed by atoms with Gasteiger partial charge < -0.3 is 10.6 Å². The lowest BCUT2D eigenvalue weighted by Crippen LogP contribution is -2.22. The zero-order chi connectivity index (χ0) is 17.8. The summed E-state index contributed by atoms with van der Waals surface area (Å²) >= 11 is 0. The van der Waals surface area contributed by atoms with Gasteiger partial charge in [-0.05, 0) is 41.8 Å². The zero-order valence-corrected chi connectivity index (χ0v) is 13.2. The Morgan fingerprint density at radius 1 is 1.04 bits per heavy atom. The number of carbonyl (C=O) groups excluding carboxylic acids is 3. The third-order valence-corrected chi connectivity index (χ3v) is 3.86. The standard InChI is InChI=1S/C18H16FN3O3/c19-13-6-1-11(2-7-13)3-10-15(23)20-14-8-4-12(5-9-14)16-17(24)22-18(25)21-16/h1-2,4-9,16H,3,10H2,(H,20,23)(H2,21,22,24,25). The van der Waals surface area contributed by atoms with E-state index in [4.69, 9.17) is 0 Å². The van der Waals surface area contributed by atoms with E-state index >= 15 is 0 Å².